The molecule has 0 bridgehead atoms. The van der Waals surface area contributed by atoms with Crippen molar-refractivity contribution < 1.29 is 4.79 Å². The molecule has 8 nitrogen and oxygen atoms in total. The number of amides is 1. The number of likely N-dealkylation sites (tertiary alicyclic amines) is 1. The second-order valence-electron chi connectivity index (χ2n) is 7.72. The van der Waals surface area contributed by atoms with E-state index in [0.29, 0.717) is 12.5 Å². The first kappa shape index (κ1) is 21.8. The zero-order chi connectivity index (χ0) is 19.3. The lowest BCUT2D eigenvalue weighted by Gasteiger charge is -2.26. The molecule has 1 saturated heterocycles. The maximum absolute atomic E-state index is 12.7. The van der Waals surface area contributed by atoms with E-state index in [4.69, 9.17) is 0 Å². The van der Waals surface area contributed by atoms with E-state index >= 15 is 0 Å². The van der Waals surface area contributed by atoms with E-state index in [9.17, 15) is 4.79 Å². The van der Waals surface area contributed by atoms with Gasteiger partial charge in [-0.15, -0.1) is 34.2 Å². The van der Waals surface area contributed by atoms with Crippen LogP contribution in [0.4, 0.5) is 0 Å². The average molecular weight is 511 g/mol. The van der Waals surface area contributed by atoms with Crippen molar-refractivity contribution in [3.63, 3.8) is 0 Å². The van der Waals surface area contributed by atoms with E-state index in [2.05, 4.69) is 25.8 Å². The van der Waals surface area contributed by atoms with Crippen LogP contribution in [-0.4, -0.2) is 57.5 Å². The van der Waals surface area contributed by atoms with Crippen LogP contribution in [0, 0.1) is 5.92 Å². The first-order valence-corrected chi connectivity index (χ1v) is 10.3. The number of carbonyl (C=O) groups excluding carboxylic acids is 1. The SMILES string of the molecule is CN=C(NCc1nnc2ccccn12)NC1CCN(C(=O)C2CCCCC2)C1.I. The predicted molar refractivity (Wildman–Crippen MR) is 123 cm³/mol. The summed E-state index contributed by atoms with van der Waals surface area (Å²) in [5, 5.41) is 15.2. The second kappa shape index (κ2) is 10.2. The normalized spacial score (nSPS) is 20.5. The topological polar surface area (TPSA) is 86.9 Å². The maximum atomic E-state index is 12.7. The van der Waals surface area contributed by atoms with Crippen LogP contribution in [0.25, 0.3) is 5.65 Å². The molecule has 158 valence electrons. The molecule has 1 saturated carbocycles. The molecule has 2 fully saturated rings. The minimum Gasteiger partial charge on any atom is -0.352 e. The Bertz CT molecular complexity index is 846. The molecule has 1 unspecified atom stereocenters. The zero-order valence-electron chi connectivity index (χ0n) is 16.9. The van der Waals surface area contributed by atoms with Gasteiger partial charge in [-0.1, -0.05) is 25.3 Å². The molecule has 1 aliphatic carbocycles. The molecule has 4 rings (SSSR count). The summed E-state index contributed by atoms with van der Waals surface area (Å²) in [5.41, 5.74) is 0.829. The van der Waals surface area contributed by atoms with Crippen LogP contribution < -0.4 is 10.6 Å². The summed E-state index contributed by atoms with van der Waals surface area (Å²) in [6, 6.07) is 6.07. The standard InChI is InChI=1S/C20H29N7O.HI/c1-21-20(22-13-18-25-24-17-9-5-6-11-27(17)18)23-16-10-12-26(14-16)19(28)15-7-3-2-4-8-15;/h5-6,9,11,15-16H,2-4,7-8,10,12-14H2,1H3,(H2,21,22,23);1H. The van der Waals surface area contributed by atoms with Crippen LogP contribution in [0.1, 0.15) is 44.3 Å². The molecule has 0 spiro atoms. The largest absolute Gasteiger partial charge is 0.352 e. The highest BCUT2D eigenvalue weighted by molar-refractivity contribution is 14.0. The lowest BCUT2D eigenvalue weighted by atomic mass is 9.88. The Morgan fingerprint density at radius 3 is 2.83 bits per heavy atom. The molecule has 2 aromatic rings. The Morgan fingerprint density at radius 1 is 1.21 bits per heavy atom. The van der Waals surface area contributed by atoms with Crippen molar-refractivity contribution in [2.45, 2.75) is 51.1 Å². The molecule has 2 aromatic heterocycles. The fourth-order valence-electron chi connectivity index (χ4n) is 4.25. The van der Waals surface area contributed by atoms with Crippen LogP contribution in [0.3, 0.4) is 0 Å². The van der Waals surface area contributed by atoms with Gasteiger partial charge >= 0.3 is 0 Å². The Labute approximate surface area is 188 Å². The van der Waals surface area contributed by atoms with Gasteiger partial charge in [0, 0.05) is 38.3 Å². The number of hydrogen-bond donors (Lipinski definition) is 2. The van der Waals surface area contributed by atoms with E-state index in [1.54, 1.807) is 7.05 Å². The van der Waals surface area contributed by atoms with Crippen LogP contribution in [0.15, 0.2) is 29.4 Å². The molecule has 1 amide bonds. The number of hydrogen-bond acceptors (Lipinski definition) is 4. The van der Waals surface area contributed by atoms with Gasteiger partial charge in [0.15, 0.2) is 17.4 Å². The summed E-state index contributed by atoms with van der Waals surface area (Å²) < 4.78 is 1.96. The lowest BCUT2D eigenvalue weighted by molar-refractivity contribution is -0.135. The van der Waals surface area contributed by atoms with Crippen molar-refractivity contribution in [1.29, 1.82) is 0 Å². The molecular formula is C20H30IN7O. The number of nitrogens with zero attached hydrogens (tertiary/aromatic N) is 5. The fourth-order valence-corrected chi connectivity index (χ4v) is 4.25. The van der Waals surface area contributed by atoms with Crippen molar-refractivity contribution in [2.75, 3.05) is 20.1 Å². The van der Waals surface area contributed by atoms with Gasteiger partial charge in [-0.2, -0.15) is 0 Å². The summed E-state index contributed by atoms with van der Waals surface area (Å²) in [5.74, 6) is 2.15. The number of nitrogens with one attached hydrogen (secondary N) is 2. The fraction of sp³-hybridized carbons (Fsp3) is 0.600. The Kier molecular flexibility index (Phi) is 7.68. The molecule has 2 N–H and O–H groups in total. The van der Waals surface area contributed by atoms with Crippen LogP contribution in [0.5, 0.6) is 0 Å². The number of carbonyl (C=O) groups is 1. The van der Waals surface area contributed by atoms with Gasteiger partial charge in [-0.25, -0.2) is 0 Å². The molecule has 0 aromatic carbocycles. The van der Waals surface area contributed by atoms with E-state index in [1.165, 1.54) is 19.3 Å². The van der Waals surface area contributed by atoms with Gasteiger partial charge in [0.25, 0.3) is 0 Å². The van der Waals surface area contributed by atoms with Crippen LogP contribution in [-0.2, 0) is 11.3 Å². The van der Waals surface area contributed by atoms with Crippen LogP contribution in [0.2, 0.25) is 0 Å². The van der Waals surface area contributed by atoms with Crippen LogP contribution >= 0.6 is 24.0 Å². The molecule has 29 heavy (non-hydrogen) atoms. The van der Waals surface area contributed by atoms with E-state index in [0.717, 1.165) is 49.8 Å². The molecular weight excluding hydrogens is 481 g/mol. The molecule has 1 aliphatic heterocycles. The van der Waals surface area contributed by atoms with Gasteiger partial charge in [0.2, 0.25) is 5.91 Å². The first-order chi connectivity index (χ1) is 13.7. The highest BCUT2D eigenvalue weighted by Crippen LogP contribution is 2.26. The van der Waals surface area contributed by atoms with E-state index in [1.807, 2.05) is 33.7 Å². The summed E-state index contributed by atoms with van der Waals surface area (Å²) >= 11 is 0. The Balaban J connectivity index is 0.00000240. The molecule has 1 atom stereocenters. The third-order valence-electron chi connectivity index (χ3n) is 5.82. The Hall–Kier alpha value is -1.91. The molecule has 9 heteroatoms. The van der Waals surface area contributed by atoms with E-state index < -0.39 is 0 Å². The summed E-state index contributed by atoms with van der Waals surface area (Å²) in [4.78, 5) is 19.1. The average Bonchev–Trinajstić information content (AvgIpc) is 3.38. The number of pyridine rings is 1. The number of fused-ring (bicyclic) bond motifs is 1. The minimum atomic E-state index is 0. The minimum absolute atomic E-state index is 0. The summed E-state index contributed by atoms with van der Waals surface area (Å²) in [7, 11) is 1.76. The summed E-state index contributed by atoms with van der Waals surface area (Å²) in [6.07, 6.45) is 8.68. The molecule has 3 heterocycles. The van der Waals surface area contributed by atoms with Gasteiger partial charge in [0.1, 0.15) is 0 Å². The molecule has 2 aliphatic rings. The van der Waals surface area contributed by atoms with Gasteiger partial charge < -0.3 is 15.5 Å². The Morgan fingerprint density at radius 2 is 2.03 bits per heavy atom. The van der Waals surface area contributed by atoms with Crippen molar-refractivity contribution in [3.8, 4) is 0 Å². The predicted octanol–water partition coefficient (Wildman–Crippen LogP) is 2.19. The van der Waals surface area contributed by atoms with Gasteiger partial charge in [-0.3, -0.25) is 14.2 Å². The highest BCUT2D eigenvalue weighted by atomic mass is 127. The first-order valence-electron chi connectivity index (χ1n) is 10.3. The third kappa shape index (κ3) is 5.18. The number of aromatic nitrogens is 3. The van der Waals surface area contributed by atoms with Crippen molar-refractivity contribution >= 4 is 41.5 Å². The quantitative estimate of drug-likeness (QED) is 0.374. The van der Waals surface area contributed by atoms with Crippen molar-refractivity contribution in [1.82, 2.24) is 30.1 Å². The monoisotopic (exact) mass is 511 g/mol. The molecule has 0 radical (unpaired) electrons. The van der Waals surface area contributed by atoms with Crippen molar-refractivity contribution in [2.24, 2.45) is 10.9 Å². The number of rotatable bonds is 4. The number of guanidine groups is 1. The van der Waals surface area contributed by atoms with E-state index in [-0.39, 0.29) is 35.9 Å². The second-order valence-corrected chi connectivity index (χ2v) is 7.72. The third-order valence-corrected chi connectivity index (χ3v) is 5.82. The lowest BCUT2D eigenvalue weighted by Crippen LogP contribution is -2.45. The zero-order valence-corrected chi connectivity index (χ0v) is 19.2. The highest BCUT2D eigenvalue weighted by Gasteiger charge is 2.31. The van der Waals surface area contributed by atoms with Gasteiger partial charge in [0.05, 0.1) is 6.54 Å². The summed E-state index contributed by atoms with van der Waals surface area (Å²) in [6.45, 7) is 2.12. The smallest absolute Gasteiger partial charge is 0.225 e. The number of halogens is 1. The van der Waals surface area contributed by atoms with Gasteiger partial charge in [-0.05, 0) is 31.4 Å². The number of aliphatic imine (C=N–C) groups is 1. The maximum Gasteiger partial charge on any atom is 0.225 e. The van der Waals surface area contributed by atoms with Crippen molar-refractivity contribution in [3.05, 3.63) is 30.2 Å².